The van der Waals surface area contributed by atoms with Crippen LogP contribution in [0, 0.1) is 0 Å². The van der Waals surface area contributed by atoms with Crippen LogP contribution in [0.25, 0.3) is 0 Å². The van der Waals surface area contributed by atoms with Crippen molar-refractivity contribution in [3.63, 3.8) is 0 Å². The van der Waals surface area contributed by atoms with Gasteiger partial charge < -0.3 is 20.4 Å². The Balaban J connectivity index is 0.00000420. The molecule has 29 heavy (non-hydrogen) atoms. The number of likely N-dealkylation sites (N-methyl/N-ethyl adjacent to an activating group) is 1. The number of guanidine groups is 1. The van der Waals surface area contributed by atoms with Crippen LogP contribution in [-0.2, 0) is 6.18 Å². The lowest BCUT2D eigenvalue weighted by molar-refractivity contribution is -0.137. The van der Waals surface area contributed by atoms with Crippen LogP contribution in [0.3, 0.4) is 0 Å². The standard InChI is InChI=1S/C18H28ClF3N6.HI/c1-12(2)27(4)8-6-24-17(23-3)26-14-5-7-28(11-14)16-15(19)9-13(10-25-16)18(20,21)22;/h9-10,12,14H,5-8,11H2,1-4H3,(H2,23,24,26);1H. The second-order valence-corrected chi connectivity index (χ2v) is 7.58. The molecule has 2 rings (SSSR count). The van der Waals surface area contributed by atoms with Gasteiger partial charge >= 0.3 is 6.18 Å². The highest BCUT2D eigenvalue weighted by molar-refractivity contribution is 14.0. The fourth-order valence-electron chi connectivity index (χ4n) is 2.89. The van der Waals surface area contributed by atoms with Gasteiger partial charge in [-0.25, -0.2) is 4.98 Å². The van der Waals surface area contributed by atoms with Crippen LogP contribution in [0.15, 0.2) is 17.3 Å². The number of halogens is 5. The van der Waals surface area contributed by atoms with Gasteiger partial charge in [-0.3, -0.25) is 4.99 Å². The fraction of sp³-hybridized carbons (Fsp3) is 0.667. The van der Waals surface area contributed by atoms with Gasteiger partial charge in [0.1, 0.15) is 5.82 Å². The molecule has 0 saturated carbocycles. The largest absolute Gasteiger partial charge is 0.417 e. The third kappa shape index (κ3) is 7.63. The van der Waals surface area contributed by atoms with E-state index >= 15 is 0 Å². The Kier molecular flexibility index (Phi) is 10.2. The van der Waals surface area contributed by atoms with E-state index in [0.717, 1.165) is 31.8 Å². The molecule has 1 unspecified atom stereocenters. The zero-order valence-electron chi connectivity index (χ0n) is 17.1. The molecule has 1 aromatic rings. The van der Waals surface area contributed by atoms with E-state index in [2.05, 4.69) is 46.4 Å². The van der Waals surface area contributed by atoms with Crippen molar-refractivity contribution in [1.82, 2.24) is 20.5 Å². The first-order valence-corrected chi connectivity index (χ1v) is 9.64. The Morgan fingerprint density at radius 2 is 2.14 bits per heavy atom. The highest BCUT2D eigenvalue weighted by atomic mass is 127. The average Bonchev–Trinajstić information content (AvgIpc) is 3.07. The van der Waals surface area contributed by atoms with E-state index in [0.29, 0.717) is 30.9 Å². The normalized spacial score (nSPS) is 17.7. The monoisotopic (exact) mass is 548 g/mol. The van der Waals surface area contributed by atoms with Crippen LogP contribution in [-0.4, -0.2) is 68.2 Å². The van der Waals surface area contributed by atoms with Gasteiger partial charge in [0.05, 0.1) is 10.6 Å². The second-order valence-electron chi connectivity index (χ2n) is 7.18. The summed E-state index contributed by atoms with van der Waals surface area (Å²) in [7, 11) is 3.78. The topological polar surface area (TPSA) is 55.8 Å². The molecule has 0 bridgehead atoms. The minimum absolute atomic E-state index is 0. The van der Waals surface area contributed by atoms with Gasteiger partial charge in [-0.05, 0) is 33.4 Å². The molecule has 0 amide bonds. The molecule has 1 fully saturated rings. The molecule has 1 atom stereocenters. The highest BCUT2D eigenvalue weighted by Crippen LogP contribution is 2.34. The van der Waals surface area contributed by atoms with Crippen molar-refractivity contribution in [3.05, 3.63) is 22.8 Å². The van der Waals surface area contributed by atoms with Crippen molar-refractivity contribution in [3.8, 4) is 0 Å². The van der Waals surface area contributed by atoms with Gasteiger partial charge in [0.2, 0.25) is 0 Å². The van der Waals surface area contributed by atoms with Gasteiger partial charge in [0.25, 0.3) is 0 Å². The lowest BCUT2D eigenvalue weighted by atomic mass is 10.2. The first kappa shape index (κ1) is 26.0. The highest BCUT2D eigenvalue weighted by Gasteiger charge is 2.33. The summed E-state index contributed by atoms with van der Waals surface area (Å²) >= 11 is 6.05. The van der Waals surface area contributed by atoms with Crippen LogP contribution in [0.5, 0.6) is 0 Å². The quantitative estimate of drug-likeness (QED) is 0.324. The Hall–Kier alpha value is -1.01. The Morgan fingerprint density at radius 3 is 2.69 bits per heavy atom. The third-order valence-corrected chi connectivity index (χ3v) is 5.12. The molecule has 1 saturated heterocycles. The van der Waals surface area contributed by atoms with Crippen LogP contribution in [0.2, 0.25) is 5.02 Å². The summed E-state index contributed by atoms with van der Waals surface area (Å²) in [5.74, 6) is 1.08. The summed E-state index contributed by atoms with van der Waals surface area (Å²) in [6.07, 6.45) is -2.81. The predicted molar refractivity (Wildman–Crippen MR) is 123 cm³/mol. The fourth-order valence-corrected chi connectivity index (χ4v) is 3.17. The number of aromatic nitrogens is 1. The number of alkyl halides is 3. The van der Waals surface area contributed by atoms with Gasteiger partial charge in [0.15, 0.2) is 5.96 Å². The molecule has 2 N–H and O–H groups in total. The lowest BCUT2D eigenvalue weighted by Crippen LogP contribution is -2.46. The molecule has 11 heteroatoms. The molecule has 0 aliphatic carbocycles. The van der Waals surface area contributed by atoms with Crippen molar-refractivity contribution >= 4 is 47.4 Å². The van der Waals surface area contributed by atoms with E-state index < -0.39 is 11.7 Å². The molecule has 2 heterocycles. The maximum absolute atomic E-state index is 12.8. The zero-order valence-corrected chi connectivity index (χ0v) is 20.1. The Labute approximate surface area is 192 Å². The predicted octanol–water partition coefficient (Wildman–Crippen LogP) is 3.46. The van der Waals surface area contributed by atoms with Crippen molar-refractivity contribution in [2.24, 2.45) is 4.99 Å². The Bertz CT molecular complexity index is 686. The number of hydrogen-bond acceptors (Lipinski definition) is 4. The van der Waals surface area contributed by atoms with Gasteiger partial charge in [-0.1, -0.05) is 11.6 Å². The van der Waals surface area contributed by atoms with Crippen molar-refractivity contribution in [1.29, 1.82) is 0 Å². The number of hydrogen-bond donors (Lipinski definition) is 2. The minimum atomic E-state index is -4.45. The summed E-state index contributed by atoms with van der Waals surface area (Å²) in [6.45, 7) is 7.17. The number of anilines is 1. The van der Waals surface area contributed by atoms with E-state index in [4.69, 9.17) is 11.6 Å². The maximum Gasteiger partial charge on any atom is 0.417 e. The Morgan fingerprint density at radius 1 is 1.45 bits per heavy atom. The molecule has 0 spiro atoms. The molecule has 6 nitrogen and oxygen atoms in total. The summed E-state index contributed by atoms with van der Waals surface area (Å²) < 4.78 is 38.3. The summed E-state index contributed by atoms with van der Waals surface area (Å²) in [4.78, 5) is 12.3. The molecular weight excluding hydrogens is 520 g/mol. The third-order valence-electron chi connectivity index (χ3n) is 4.84. The second kappa shape index (κ2) is 11.4. The molecule has 1 aliphatic heterocycles. The van der Waals surface area contributed by atoms with E-state index in [1.165, 1.54) is 0 Å². The van der Waals surface area contributed by atoms with E-state index in [-0.39, 0.29) is 35.0 Å². The number of nitrogens with one attached hydrogen (secondary N) is 2. The van der Waals surface area contributed by atoms with Crippen LogP contribution >= 0.6 is 35.6 Å². The number of rotatable bonds is 6. The average molecular weight is 549 g/mol. The first-order chi connectivity index (χ1) is 13.1. The van der Waals surface area contributed by atoms with Crippen LogP contribution in [0.4, 0.5) is 19.0 Å². The van der Waals surface area contributed by atoms with Crippen molar-refractivity contribution in [2.75, 3.05) is 45.2 Å². The van der Waals surface area contributed by atoms with Gasteiger partial charge in [0, 0.05) is 51.5 Å². The van der Waals surface area contributed by atoms with Gasteiger partial charge in [-0.15, -0.1) is 24.0 Å². The number of pyridine rings is 1. The molecule has 0 aromatic carbocycles. The van der Waals surface area contributed by atoms with Crippen LogP contribution < -0.4 is 15.5 Å². The summed E-state index contributed by atoms with van der Waals surface area (Å²) in [5.41, 5.74) is -0.842. The SMILES string of the molecule is CN=C(NCCN(C)C(C)C)NC1CCN(c2ncc(C(F)(F)F)cc2Cl)C1.I. The first-order valence-electron chi connectivity index (χ1n) is 9.27. The molecule has 0 radical (unpaired) electrons. The van der Waals surface area contributed by atoms with Gasteiger partial charge in [-0.2, -0.15) is 13.2 Å². The van der Waals surface area contributed by atoms with Crippen LogP contribution in [0.1, 0.15) is 25.8 Å². The smallest absolute Gasteiger partial charge is 0.355 e. The number of aliphatic imine (C=N–C) groups is 1. The number of nitrogens with zero attached hydrogens (tertiary/aromatic N) is 4. The van der Waals surface area contributed by atoms with E-state index in [1.807, 2.05) is 4.90 Å². The van der Waals surface area contributed by atoms with Crippen molar-refractivity contribution in [2.45, 2.75) is 38.5 Å². The molecular formula is C18H29ClF3IN6. The minimum Gasteiger partial charge on any atom is -0.355 e. The molecule has 1 aromatic heterocycles. The zero-order chi connectivity index (χ0) is 20.9. The summed E-state index contributed by atoms with van der Waals surface area (Å²) in [5, 5.41) is 6.64. The lowest BCUT2D eigenvalue weighted by Gasteiger charge is -2.23. The maximum atomic E-state index is 12.8. The van der Waals surface area contributed by atoms with Crippen molar-refractivity contribution < 1.29 is 13.2 Å². The molecule has 166 valence electrons. The summed E-state index contributed by atoms with van der Waals surface area (Å²) in [6, 6.07) is 1.51. The van der Waals surface area contributed by atoms with E-state index in [1.54, 1.807) is 7.05 Å². The van der Waals surface area contributed by atoms with E-state index in [9.17, 15) is 13.2 Å². The molecule has 1 aliphatic rings.